The van der Waals surface area contributed by atoms with Gasteiger partial charge in [-0.1, -0.05) is 48.9 Å². The lowest BCUT2D eigenvalue weighted by Gasteiger charge is -2.16. The van der Waals surface area contributed by atoms with E-state index < -0.39 is 0 Å². The van der Waals surface area contributed by atoms with Crippen molar-refractivity contribution < 1.29 is 9.53 Å². The number of nitrogens with one attached hydrogen (secondary N) is 1. The second-order valence-electron chi connectivity index (χ2n) is 6.04. The number of ether oxygens (including phenoxy) is 1. The standard InChI is InChI=1S/C21H23NO2/c1-4-16(21(23)24-5-2)19-17-13-14(3)11-12-18(17)22-20(19)15-9-7-6-8-10-15/h6-13,16,22H,4-5H2,1-3H3. The molecule has 3 nitrogen and oxygen atoms in total. The average Bonchev–Trinajstić information content (AvgIpc) is 2.95. The number of H-pyrrole nitrogens is 1. The monoisotopic (exact) mass is 321 g/mol. The van der Waals surface area contributed by atoms with E-state index in [-0.39, 0.29) is 11.9 Å². The van der Waals surface area contributed by atoms with Crippen molar-refractivity contribution in [1.82, 2.24) is 4.98 Å². The Hall–Kier alpha value is -2.55. The Balaban J connectivity index is 2.26. The van der Waals surface area contributed by atoms with Gasteiger partial charge in [0.1, 0.15) is 0 Å². The highest BCUT2D eigenvalue weighted by atomic mass is 16.5. The largest absolute Gasteiger partial charge is 0.466 e. The maximum absolute atomic E-state index is 12.5. The highest BCUT2D eigenvalue weighted by Crippen LogP contribution is 2.38. The van der Waals surface area contributed by atoms with Gasteiger partial charge in [-0.2, -0.15) is 0 Å². The Morgan fingerprint density at radius 2 is 1.88 bits per heavy atom. The second-order valence-corrected chi connectivity index (χ2v) is 6.04. The first-order chi connectivity index (χ1) is 11.7. The molecule has 124 valence electrons. The number of aromatic amines is 1. The lowest BCUT2D eigenvalue weighted by molar-refractivity contribution is -0.145. The Morgan fingerprint density at radius 1 is 1.12 bits per heavy atom. The van der Waals surface area contributed by atoms with Crippen molar-refractivity contribution in [3.05, 3.63) is 59.7 Å². The van der Waals surface area contributed by atoms with Crippen LogP contribution in [0.1, 0.15) is 37.3 Å². The molecule has 1 aromatic heterocycles. The van der Waals surface area contributed by atoms with Gasteiger partial charge in [-0.3, -0.25) is 4.79 Å². The third kappa shape index (κ3) is 2.94. The van der Waals surface area contributed by atoms with Crippen molar-refractivity contribution >= 4 is 16.9 Å². The molecule has 0 aliphatic carbocycles. The van der Waals surface area contributed by atoms with E-state index in [0.29, 0.717) is 13.0 Å². The van der Waals surface area contributed by atoms with Crippen LogP contribution in [0.3, 0.4) is 0 Å². The normalized spacial score (nSPS) is 12.3. The van der Waals surface area contributed by atoms with Crippen molar-refractivity contribution in [2.24, 2.45) is 0 Å². The summed E-state index contributed by atoms with van der Waals surface area (Å²) in [5.74, 6) is -0.421. The zero-order valence-corrected chi connectivity index (χ0v) is 14.4. The third-order valence-electron chi connectivity index (χ3n) is 4.38. The molecule has 0 amide bonds. The van der Waals surface area contributed by atoms with Crippen LogP contribution in [0.15, 0.2) is 48.5 Å². The third-order valence-corrected chi connectivity index (χ3v) is 4.38. The molecule has 1 unspecified atom stereocenters. The van der Waals surface area contributed by atoms with E-state index in [1.165, 1.54) is 5.56 Å². The SMILES string of the molecule is CCOC(=O)C(CC)c1c(-c2ccccc2)[nH]c2ccc(C)cc12. The summed E-state index contributed by atoms with van der Waals surface area (Å²) in [5.41, 5.74) is 5.37. The molecule has 1 heterocycles. The van der Waals surface area contributed by atoms with Gasteiger partial charge >= 0.3 is 5.97 Å². The summed E-state index contributed by atoms with van der Waals surface area (Å²) in [5, 5.41) is 1.11. The fourth-order valence-electron chi connectivity index (χ4n) is 3.25. The van der Waals surface area contributed by atoms with E-state index in [2.05, 4.69) is 42.2 Å². The fraction of sp³-hybridized carbons (Fsp3) is 0.286. The Bertz CT molecular complexity index is 849. The lowest BCUT2D eigenvalue weighted by Crippen LogP contribution is -2.15. The number of aryl methyl sites for hydroxylation is 1. The van der Waals surface area contributed by atoms with E-state index in [0.717, 1.165) is 27.7 Å². The van der Waals surface area contributed by atoms with Gasteiger partial charge in [-0.05, 0) is 43.5 Å². The molecule has 3 rings (SSSR count). The van der Waals surface area contributed by atoms with Crippen LogP contribution in [0.5, 0.6) is 0 Å². The van der Waals surface area contributed by atoms with Gasteiger partial charge in [0.05, 0.1) is 18.2 Å². The van der Waals surface area contributed by atoms with Crippen LogP contribution in [0.4, 0.5) is 0 Å². The zero-order valence-electron chi connectivity index (χ0n) is 14.4. The van der Waals surface area contributed by atoms with Gasteiger partial charge in [0.15, 0.2) is 0 Å². The lowest BCUT2D eigenvalue weighted by atomic mass is 9.91. The molecule has 0 saturated carbocycles. The van der Waals surface area contributed by atoms with Gasteiger partial charge in [-0.25, -0.2) is 0 Å². The van der Waals surface area contributed by atoms with E-state index in [4.69, 9.17) is 4.74 Å². The summed E-state index contributed by atoms with van der Waals surface area (Å²) < 4.78 is 5.34. The summed E-state index contributed by atoms with van der Waals surface area (Å²) in [6.45, 7) is 6.36. The van der Waals surface area contributed by atoms with Gasteiger partial charge in [0.2, 0.25) is 0 Å². The molecule has 0 aliphatic heterocycles. The summed E-state index contributed by atoms with van der Waals surface area (Å²) >= 11 is 0. The maximum atomic E-state index is 12.5. The van der Waals surface area contributed by atoms with Crippen molar-refractivity contribution in [3.63, 3.8) is 0 Å². The number of fused-ring (bicyclic) bond motifs is 1. The first-order valence-corrected chi connectivity index (χ1v) is 8.50. The van der Waals surface area contributed by atoms with Gasteiger partial charge in [0.25, 0.3) is 0 Å². The van der Waals surface area contributed by atoms with Crippen LogP contribution in [0.2, 0.25) is 0 Å². The number of hydrogen-bond donors (Lipinski definition) is 1. The first kappa shape index (κ1) is 16.3. The van der Waals surface area contributed by atoms with Crippen molar-refractivity contribution in [3.8, 4) is 11.3 Å². The molecule has 3 aromatic rings. The van der Waals surface area contributed by atoms with Crippen LogP contribution in [-0.4, -0.2) is 17.6 Å². The average molecular weight is 321 g/mol. The molecular weight excluding hydrogens is 298 g/mol. The van der Waals surface area contributed by atoms with Gasteiger partial charge in [-0.15, -0.1) is 0 Å². The Kier molecular flexibility index (Phi) is 4.70. The number of benzene rings is 2. The summed E-state index contributed by atoms with van der Waals surface area (Å²) in [4.78, 5) is 16.1. The summed E-state index contributed by atoms with van der Waals surface area (Å²) in [7, 11) is 0. The quantitative estimate of drug-likeness (QED) is 0.656. The van der Waals surface area contributed by atoms with Crippen LogP contribution >= 0.6 is 0 Å². The molecular formula is C21H23NO2. The molecule has 0 aliphatic rings. The maximum Gasteiger partial charge on any atom is 0.313 e. The Labute approximate surface area is 142 Å². The van der Waals surface area contributed by atoms with Crippen molar-refractivity contribution in [2.75, 3.05) is 6.61 Å². The van der Waals surface area contributed by atoms with Crippen LogP contribution < -0.4 is 0 Å². The topological polar surface area (TPSA) is 42.1 Å². The molecule has 0 saturated heterocycles. The van der Waals surface area contributed by atoms with Crippen LogP contribution in [-0.2, 0) is 9.53 Å². The van der Waals surface area contributed by atoms with Crippen molar-refractivity contribution in [2.45, 2.75) is 33.1 Å². The molecule has 0 bridgehead atoms. The van der Waals surface area contributed by atoms with E-state index in [1.807, 2.05) is 32.0 Å². The van der Waals surface area contributed by atoms with E-state index >= 15 is 0 Å². The predicted octanol–water partition coefficient (Wildman–Crippen LogP) is 5.20. The number of esters is 1. The molecule has 1 atom stereocenters. The zero-order chi connectivity index (χ0) is 17.1. The minimum Gasteiger partial charge on any atom is -0.466 e. The number of hydrogen-bond acceptors (Lipinski definition) is 2. The molecule has 24 heavy (non-hydrogen) atoms. The molecule has 2 aromatic carbocycles. The summed E-state index contributed by atoms with van der Waals surface area (Å²) in [6, 6.07) is 16.5. The highest BCUT2D eigenvalue weighted by molar-refractivity contribution is 5.96. The van der Waals surface area contributed by atoms with Crippen molar-refractivity contribution in [1.29, 1.82) is 0 Å². The summed E-state index contributed by atoms with van der Waals surface area (Å²) in [6.07, 6.45) is 0.708. The van der Waals surface area contributed by atoms with Gasteiger partial charge < -0.3 is 9.72 Å². The molecule has 3 heteroatoms. The minimum absolute atomic E-state index is 0.153. The smallest absolute Gasteiger partial charge is 0.313 e. The molecule has 1 N–H and O–H groups in total. The number of aromatic nitrogens is 1. The Morgan fingerprint density at radius 3 is 2.54 bits per heavy atom. The second kappa shape index (κ2) is 6.91. The minimum atomic E-state index is -0.268. The van der Waals surface area contributed by atoms with Gasteiger partial charge in [0, 0.05) is 10.9 Å². The van der Waals surface area contributed by atoms with Crippen LogP contribution in [0, 0.1) is 6.92 Å². The van der Waals surface area contributed by atoms with E-state index in [9.17, 15) is 4.79 Å². The van der Waals surface area contributed by atoms with E-state index in [1.54, 1.807) is 0 Å². The predicted molar refractivity (Wildman–Crippen MR) is 98.1 cm³/mol. The fourth-order valence-corrected chi connectivity index (χ4v) is 3.25. The molecule has 0 spiro atoms. The molecule has 0 fully saturated rings. The number of carbonyl (C=O) groups excluding carboxylic acids is 1. The number of carbonyl (C=O) groups is 1. The first-order valence-electron chi connectivity index (χ1n) is 8.50. The number of rotatable bonds is 5. The van der Waals surface area contributed by atoms with Crippen LogP contribution in [0.25, 0.3) is 22.2 Å². The highest BCUT2D eigenvalue weighted by Gasteiger charge is 2.27. The molecule has 0 radical (unpaired) electrons.